The van der Waals surface area contributed by atoms with Gasteiger partial charge >= 0.3 is 10.0 Å². The van der Waals surface area contributed by atoms with E-state index in [9.17, 15) is 12.8 Å². The molecule has 4 nitrogen and oxygen atoms in total. The minimum Gasteiger partial charge on any atom is -0.269 e. The van der Waals surface area contributed by atoms with Crippen LogP contribution in [-0.2, 0) is 10.0 Å². The van der Waals surface area contributed by atoms with Crippen LogP contribution >= 0.6 is 0 Å². The minimum absolute atomic E-state index is 0.100. The number of hydrogen-bond acceptors (Lipinski definition) is 3. The standard InChI is InChI=1S/C16H15FN2O2S/c1-12-11-14(7-8-15(12)17)22(20,21)19-10-9-18-16(19)13-5-3-2-4-6-13/h2-8,11H,9-10H2,1H3/p+1. The molecule has 0 bridgehead atoms. The predicted molar refractivity (Wildman–Crippen MR) is 82.0 cm³/mol. The summed E-state index contributed by atoms with van der Waals surface area (Å²) >= 11 is 0. The number of nitrogens with zero attached hydrogens (tertiary/aromatic N) is 1. The Kier molecular flexibility index (Phi) is 3.70. The molecule has 0 aliphatic carbocycles. The lowest BCUT2D eigenvalue weighted by molar-refractivity contribution is -0.352. The predicted octanol–water partition coefficient (Wildman–Crippen LogP) is 1.89. The normalized spacial score (nSPS) is 15.0. The number of aryl methyl sites for hydroxylation is 1. The zero-order valence-electron chi connectivity index (χ0n) is 12.1. The van der Waals surface area contributed by atoms with Gasteiger partial charge in [0.05, 0.1) is 5.56 Å². The van der Waals surface area contributed by atoms with E-state index in [0.717, 1.165) is 5.56 Å². The highest BCUT2D eigenvalue weighted by Crippen LogP contribution is 2.18. The van der Waals surface area contributed by atoms with E-state index in [-0.39, 0.29) is 4.90 Å². The fourth-order valence-electron chi connectivity index (χ4n) is 2.46. The molecule has 1 N–H and O–H groups in total. The third kappa shape index (κ3) is 2.50. The van der Waals surface area contributed by atoms with Crippen LogP contribution in [0.5, 0.6) is 0 Å². The summed E-state index contributed by atoms with van der Waals surface area (Å²) in [7, 11) is -3.71. The monoisotopic (exact) mass is 319 g/mol. The molecule has 0 aromatic heterocycles. The fourth-order valence-corrected chi connectivity index (χ4v) is 4.03. The number of halogens is 1. The van der Waals surface area contributed by atoms with Crippen LogP contribution < -0.4 is 5.32 Å². The molecule has 0 unspecified atom stereocenters. The van der Waals surface area contributed by atoms with Crippen LogP contribution in [0.15, 0.2) is 53.4 Å². The van der Waals surface area contributed by atoms with E-state index in [1.54, 1.807) is 6.92 Å². The molecule has 0 spiro atoms. The molecule has 114 valence electrons. The summed E-state index contributed by atoms with van der Waals surface area (Å²) < 4.78 is 40.4. The van der Waals surface area contributed by atoms with E-state index >= 15 is 0 Å². The van der Waals surface area contributed by atoms with Crippen LogP contribution in [0.25, 0.3) is 0 Å². The van der Waals surface area contributed by atoms with Gasteiger partial charge in [-0.15, -0.1) is 3.98 Å². The molecular weight excluding hydrogens is 303 g/mol. The van der Waals surface area contributed by atoms with Crippen LogP contribution in [-0.4, -0.2) is 31.3 Å². The molecule has 0 atom stereocenters. The average Bonchev–Trinajstić information content (AvgIpc) is 3.01. The fraction of sp³-hybridized carbons (Fsp3) is 0.188. The molecule has 2 aromatic rings. The zero-order valence-corrected chi connectivity index (χ0v) is 12.9. The SMILES string of the molecule is Cc1cc(S(=O)(=O)[N+]2=C(c3ccccc3)NCC2)ccc1F. The smallest absolute Gasteiger partial charge is 0.269 e. The molecule has 0 amide bonds. The topological polar surface area (TPSA) is 49.2 Å². The molecule has 2 aromatic carbocycles. The van der Waals surface area contributed by atoms with E-state index in [1.807, 2.05) is 30.3 Å². The van der Waals surface area contributed by atoms with Crippen molar-refractivity contribution < 1.29 is 16.8 Å². The third-order valence-electron chi connectivity index (χ3n) is 3.62. The van der Waals surface area contributed by atoms with Crippen LogP contribution in [0.2, 0.25) is 0 Å². The highest BCUT2D eigenvalue weighted by Gasteiger charge is 2.33. The molecule has 6 heteroatoms. The van der Waals surface area contributed by atoms with Gasteiger partial charge in [-0.3, -0.25) is 5.32 Å². The van der Waals surface area contributed by atoms with Crippen LogP contribution in [0.3, 0.4) is 0 Å². The molecule has 3 rings (SSSR count). The first-order valence-corrected chi connectivity index (χ1v) is 8.39. The summed E-state index contributed by atoms with van der Waals surface area (Å²) in [6.45, 7) is 2.45. The number of amidine groups is 1. The summed E-state index contributed by atoms with van der Waals surface area (Å²) in [5, 5.41) is 3.11. The van der Waals surface area contributed by atoms with Gasteiger partial charge < -0.3 is 0 Å². The van der Waals surface area contributed by atoms with Gasteiger partial charge in [0.15, 0.2) is 0 Å². The summed E-state index contributed by atoms with van der Waals surface area (Å²) in [6, 6.07) is 13.2. The number of sulfonamides is 1. The molecule has 1 aliphatic heterocycles. The lowest BCUT2D eigenvalue weighted by Crippen LogP contribution is -2.28. The van der Waals surface area contributed by atoms with Crippen molar-refractivity contribution in [2.45, 2.75) is 11.8 Å². The first-order valence-electron chi connectivity index (χ1n) is 6.95. The molecule has 22 heavy (non-hydrogen) atoms. The highest BCUT2D eigenvalue weighted by atomic mass is 32.2. The summed E-state index contributed by atoms with van der Waals surface area (Å²) in [5.41, 5.74) is 1.12. The largest absolute Gasteiger partial charge is 0.331 e. The molecule has 0 saturated carbocycles. The molecule has 0 fully saturated rings. The third-order valence-corrected chi connectivity index (χ3v) is 5.42. The second kappa shape index (κ2) is 5.53. The Morgan fingerprint density at radius 3 is 2.55 bits per heavy atom. The lowest BCUT2D eigenvalue weighted by atomic mass is 10.2. The first kappa shape index (κ1) is 14.7. The molecular formula is C16H16FN2O2S+. The summed E-state index contributed by atoms with van der Waals surface area (Å²) in [6.07, 6.45) is 0. The van der Waals surface area contributed by atoms with Crippen molar-refractivity contribution in [1.29, 1.82) is 0 Å². The second-order valence-electron chi connectivity index (χ2n) is 5.13. The quantitative estimate of drug-likeness (QED) is 0.879. The van der Waals surface area contributed by atoms with Crippen LogP contribution in [0, 0.1) is 12.7 Å². The molecule has 1 heterocycles. The maximum absolute atomic E-state index is 13.4. The van der Waals surface area contributed by atoms with Crippen molar-refractivity contribution in [1.82, 2.24) is 5.32 Å². The maximum Gasteiger partial charge on any atom is 0.331 e. The highest BCUT2D eigenvalue weighted by molar-refractivity contribution is 7.85. The van der Waals surface area contributed by atoms with Gasteiger partial charge in [-0.25, -0.2) is 4.39 Å². The number of hydrogen-bond donors (Lipinski definition) is 1. The first-order chi connectivity index (χ1) is 10.5. The summed E-state index contributed by atoms with van der Waals surface area (Å²) in [4.78, 5) is 0.100. The molecule has 0 saturated heterocycles. The summed E-state index contributed by atoms with van der Waals surface area (Å²) in [5.74, 6) is 0.147. The Morgan fingerprint density at radius 2 is 1.86 bits per heavy atom. The Hall–Kier alpha value is -2.21. The number of rotatable bonds is 3. The number of benzene rings is 2. The van der Waals surface area contributed by atoms with Crippen LogP contribution in [0.1, 0.15) is 11.1 Å². The van der Waals surface area contributed by atoms with Gasteiger partial charge in [0, 0.05) is 0 Å². The van der Waals surface area contributed by atoms with Gasteiger partial charge in [-0.05, 0) is 42.8 Å². The van der Waals surface area contributed by atoms with E-state index in [0.29, 0.717) is 24.5 Å². The van der Waals surface area contributed by atoms with Crippen LogP contribution in [0.4, 0.5) is 4.39 Å². The van der Waals surface area contributed by atoms with Gasteiger partial charge in [0.2, 0.25) is 0 Å². The van der Waals surface area contributed by atoms with Crippen molar-refractivity contribution in [2.24, 2.45) is 0 Å². The van der Waals surface area contributed by atoms with Gasteiger partial charge in [0.25, 0.3) is 5.84 Å². The van der Waals surface area contributed by atoms with Crippen molar-refractivity contribution >= 4 is 15.9 Å². The Morgan fingerprint density at radius 1 is 1.14 bits per heavy atom. The molecule has 1 aliphatic rings. The van der Waals surface area contributed by atoms with Crippen molar-refractivity contribution in [3.8, 4) is 0 Å². The minimum atomic E-state index is -3.71. The van der Waals surface area contributed by atoms with E-state index in [2.05, 4.69) is 5.32 Å². The van der Waals surface area contributed by atoms with Crippen molar-refractivity contribution in [3.05, 3.63) is 65.5 Å². The second-order valence-corrected chi connectivity index (χ2v) is 6.99. The van der Waals surface area contributed by atoms with Gasteiger partial charge in [-0.2, -0.15) is 8.42 Å². The Labute approximate surface area is 129 Å². The van der Waals surface area contributed by atoms with E-state index in [1.165, 1.54) is 22.2 Å². The van der Waals surface area contributed by atoms with E-state index < -0.39 is 15.8 Å². The van der Waals surface area contributed by atoms with Crippen molar-refractivity contribution in [2.75, 3.05) is 13.1 Å². The molecule has 0 radical (unpaired) electrons. The maximum atomic E-state index is 13.4. The van der Waals surface area contributed by atoms with Crippen molar-refractivity contribution in [3.63, 3.8) is 0 Å². The van der Waals surface area contributed by atoms with Gasteiger partial charge in [-0.1, -0.05) is 18.2 Å². The Bertz CT molecular complexity index is 846. The average molecular weight is 319 g/mol. The van der Waals surface area contributed by atoms with Gasteiger partial charge in [0.1, 0.15) is 23.8 Å². The zero-order chi connectivity index (χ0) is 15.7. The van der Waals surface area contributed by atoms with E-state index in [4.69, 9.17) is 0 Å². The number of nitrogens with one attached hydrogen (secondary N) is 1. The Balaban J connectivity index is 2.13. The lowest BCUT2D eigenvalue weighted by Gasteiger charge is -2.07.